The second-order valence-corrected chi connectivity index (χ2v) is 23.9. The largest absolute Gasteiger partial charge is 0.385 e. The molecule has 0 unspecified atom stereocenters. The number of esters is 4. The van der Waals surface area contributed by atoms with Crippen LogP contribution in [0.25, 0.3) is 0 Å². The van der Waals surface area contributed by atoms with Crippen LogP contribution in [-0.2, 0) is 38.2 Å². The summed E-state index contributed by atoms with van der Waals surface area (Å²) in [6.07, 6.45) is 3.62. The monoisotopic (exact) mass is 1180 g/mol. The number of nitro groups is 2. The van der Waals surface area contributed by atoms with Crippen molar-refractivity contribution in [1.82, 2.24) is 70.2 Å². The molecule has 0 bridgehead atoms. The minimum Gasteiger partial charge on any atom is -0.385 e. The topological polar surface area (TPSA) is 357 Å². The molecule has 438 valence electrons. The molecule has 6 aliphatic heterocycles. The highest BCUT2D eigenvalue weighted by Crippen LogP contribution is 2.55. The zero-order chi connectivity index (χ0) is 60.0. The number of hydrogen-bond acceptors (Lipinski definition) is 24. The number of nitro benzene ring substituents is 2. The first-order valence-electron chi connectivity index (χ1n) is 26.2. The van der Waals surface area contributed by atoms with Crippen LogP contribution in [0.1, 0.15) is 73.3 Å². The van der Waals surface area contributed by atoms with Gasteiger partial charge in [0.25, 0.3) is 11.4 Å². The first kappa shape index (κ1) is 59.3. The molecule has 30 nitrogen and oxygen atoms in total. The Labute approximate surface area is 481 Å². The van der Waals surface area contributed by atoms with E-state index in [-0.39, 0.29) is 91.9 Å². The zero-order valence-corrected chi connectivity index (χ0v) is 47.9. The van der Waals surface area contributed by atoms with Crippen molar-refractivity contribution in [3.05, 3.63) is 114 Å². The van der Waals surface area contributed by atoms with Crippen molar-refractivity contribution in [2.24, 2.45) is 23.7 Å². The summed E-state index contributed by atoms with van der Waals surface area (Å²) in [5.74, 6) is -6.36. The summed E-state index contributed by atoms with van der Waals surface area (Å²) in [5, 5.41) is 48.4. The van der Waals surface area contributed by atoms with Gasteiger partial charge < -0.3 is 34.4 Å². The quantitative estimate of drug-likeness (QED) is 0.0550. The molecule has 0 aliphatic carbocycles. The fourth-order valence-corrected chi connectivity index (χ4v) is 14.5. The molecule has 0 saturated carbocycles. The number of aromatic nitrogens is 8. The van der Waals surface area contributed by atoms with E-state index in [0.717, 1.165) is 24.3 Å². The van der Waals surface area contributed by atoms with Crippen molar-refractivity contribution >= 4 is 82.4 Å². The van der Waals surface area contributed by atoms with E-state index >= 15 is 0 Å². The summed E-state index contributed by atoms with van der Waals surface area (Å²) in [7, 11) is 8.65. The van der Waals surface area contributed by atoms with Crippen molar-refractivity contribution in [1.29, 1.82) is 0 Å². The molecule has 4 saturated heterocycles. The molecule has 0 radical (unpaired) electrons. The number of nitrogens with zero attached hydrogens (tertiary/aromatic N) is 15. The molecule has 32 heteroatoms. The standard InChI is InChI=1S/C26H30N8O7S.C25H28N8O7S/c1-13-20-19(14(2)33-28-12-27-29-33)24(36)32(20)21(22(13)42-17-10-18(31(5)11-17)23(35)30(3)4)26(38)41-25(37)15-6-8-16(9-7-15)34(39)40;1-12-19-18(13(2)32-28-11-27-29-32)23(35)31(19)20(21(12)41-16-9-17(26-10-16)22(34)30(3)4)25(37)40-24(36)14-5-7-15(8-6-14)33(38)39/h6-9,12-14,17-20H,10-11H2,1-5H3;5-8,11-13,16-19,26H,9-10H2,1-4H3/t13-,14-,17+,18+,19-,20-;12-,13-,16+,17+,18-,19-/m11/s1. The maximum absolute atomic E-state index is 13.6. The predicted molar refractivity (Wildman–Crippen MR) is 290 cm³/mol. The molecular weight excluding hydrogens is 1120 g/mol. The highest BCUT2D eigenvalue weighted by molar-refractivity contribution is 8.04. The molecule has 83 heavy (non-hydrogen) atoms. The Kier molecular flexibility index (Phi) is 17.0. The Hall–Kier alpha value is -8.36. The maximum atomic E-state index is 13.6. The Morgan fingerprint density at radius 2 is 1.07 bits per heavy atom. The molecule has 1 N–H and O–H groups in total. The van der Waals surface area contributed by atoms with E-state index in [1.54, 1.807) is 46.9 Å². The van der Waals surface area contributed by atoms with Crippen LogP contribution in [0.4, 0.5) is 11.4 Å². The van der Waals surface area contributed by atoms with E-state index < -0.39 is 69.7 Å². The lowest BCUT2D eigenvalue weighted by molar-refractivity contribution is -0.385. The third-order valence-electron chi connectivity index (χ3n) is 15.7. The van der Waals surface area contributed by atoms with Crippen molar-refractivity contribution in [2.45, 2.75) is 87.3 Å². The smallest absolute Gasteiger partial charge is 0.363 e. The number of hydrogen-bond donors (Lipinski definition) is 1. The normalized spacial score (nSPS) is 26.0. The average Bonchev–Trinajstić information content (AvgIpc) is 2.47. The van der Waals surface area contributed by atoms with E-state index in [0.29, 0.717) is 35.7 Å². The van der Waals surface area contributed by atoms with Gasteiger partial charge in [-0.15, -0.1) is 43.9 Å². The Balaban J connectivity index is 0.000000200. The number of likely N-dealkylation sites (N-methyl/N-ethyl adjacent to an activating group) is 3. The number of likely N-dealkylation sites (tertiary alicyclic amines) is 1. The van der Waals surface area contributed by atoms with Gasteiger partial charge in [-0.05, 0) is 68.4 Å². The van der Waals surface area contributed by atoms with Gasteiger partial charge in [-0.25, -0.2) is 19.2 Å². The minimum atomic E-state index is -0.998. The molecule has 6 aliphatic rings. The lowest BCUT2D eigenvalue weighted by Crippen LogP contribution is -2.62. The minimum absolute atomic E-state index is 0.00204. The van der Waals surface area contributed by atoms with Gasteiger partial charge in [0.1, 0.15) is 11.4 Å². The highest BCUT2D eigenvalue weighted by atomic mass is 32.2. The zero-order valence-electron chi connectivity index (χ0n) is 46.3. The van der Waals surface area contributed by atoms with Crippen LogP contribution < -0.4 is 5.32 Å². The molecule has 8 heterocycles. The maximum Gasteiger partial charge on any atom is 0.363 e. The number of ether oxygens (including phenoxy) is 2. The van der Waals surface area contributed by atoms with Gasteiger partial charge in [-0.1, -0.05) is 13.8 Å². The number of fused-ring (bicyclic) bond motifs is 2. The lowest BCUT2D eigenvalue weighted by atomic mass is 9.78. The van der Waals surface area contributed by atoms with Gasteiger partial charge in [0, 0.05) is 97.7 Å². The van der Waals surface area contributed by atoms with Crippen molar-refractivity contribution < 1.29 is 57.7 Å². The lowest BCUT2D eigenvalue weighted by Gasteiger charge is -2.47. The molecular formula is C51H58N16O14S2. The van der Waals surface area contributed by atoms with Crippen molar-refractivity contribution in [2.75, 3.05) is 48.3 Å². The fourth-order valence-electron chi connectivity index (χ4n) is 11.4. The molecule has 4 fully saturated rings. The summed E-state index contributed by atoms with van der Waals surface area (Å²) in [6, 6.07) is 6.96. The molecule has 0 spiro atoms. The molecule has 2 aromatic carbocycles. The van der Waals surface area contributed by atoms with Gasteiger partial charge in [0.2, 0.25) is 23.6 Å². The van der Waals surface area contributed by atoms with Crippen LogP contribution in [0.3, 0.4) is 0 Å². The highest BCUT2D eigenvalue weighted by Gasteiger charge is 2.63. The summed E-state index contributed by atoms with van der Waals surface area (Å²) >= 11 is 2.82. The number of carbonyl (C=O) groups excluding carboxylic acids is 8. The molecule has 12 atom stereocenters. The number of non-ortho nitro benzene ring substituents is 2. The van der Waals surface area contributed by atoms with E-state index in [1.807, 2.05) is 25.8 Å². The number of benzene rings is 2. The third-order valence-corrected chi connectivity index (χ3v) is 18.7. The van der Waals surface area contributed by atoms with Gasteiger partial charge in [-0.3, -0.25) is 44.3 Å². The number of amides is 4. The SMILES string of the molecule is C[C@H]([C@H]1C(=O)N2C(C(=O)OC(=O)c3ccc([N+](=O)[O-])cc3)=C(S[C@@H]3CN[C@H](C(=O)N(C)C)C3)[C@H](C)[C@H]12)n1ncnn1.C[C@H]([C@H]1C(=O)N2C(C(=O)OC(=O)c3ccc([N+](=O)[O-])cc3)=C(S[C@H]3C[C@@H](C(=O)N(C)C)N(C)C3)[C@H](C)[C@H]12)n1ncnn1. The fraction of sp³-hybridized carbons (Fsp3) is 0.490. The molecule has 4 amide bonds. The molecule has 10 rings (SSSR count). The first-order valence-corrected chi connectivity index (χ1v) is 28.0. The van der Waals surface area contributed by atoms with Gasteiger partial charge in [0.15, 0.2) is 12.7 Å². The van der Waals surface area contributed by atoms with E-state index in [2.05, 4.69) is 36.1 Å². The van der Waals surface area contributed by atoms with E-state index in [9.17, 15) is 58.6 Å². The second kappa shape index (κ2) is 23.9. The van der Waals surface area contributed by atoms with E-state index in [1.165, 1.54) is 84.7 Å². The van der Waals surface area contributed by atoms with Crippen molar-refractivity contribution in [3.8, 4) is 0 Å². The van der Waals surface area contributed by atoms with E-state index in [4.69, 9.17) is 9.47 Å². The van der Waals surface area contributed by atoms with Crippen LogP contribution in [0.15, 0.2) is 82.4 Å². The Morgan fingerprint density at radius 3 is 1.46 bits per heavy atom. The Bertz CT molecular complexity index is 3320. The molecule has 4 aromatic rings. The number of β-lactam (4-membered cyclic amide) rings is 2. The first-order chi connectivity index (χ1) is 39.4. The predicted octanol–water partition coefficient (Wildman–Crippen LogP) is 1.87. The summed E-state index contributed by atoms with van der Waals surface area (Å²) in [5.41, 5.74) is -0.542. The second-order valence-electron chi connectivity index (χ2n) is 21.2. The van der Waals surface area contributed by atoms with Gasteiger partial charge >= 0.3 is 23.9 Å². The summed E-state index contributed by atoms with van der Waals surface area (Å²) in [6.45, 7) is 8.52. The van der Waals surface area contributed by atoms with Crippen LogP contribution in [-0.4, -0.2) is 205 Å². The third kappa shape index (κ3) is 11.3. The summed E-state index contributed by atoms with van der Waals surface area (Å²) in [4.78, 5) is 137. The number of nitrogens with one attached hydrogen (secondary N) is 1. The summed E-state index contributed by atoms with van der Waals surface area (Å²) < 4.78 is 10.4. The van der Waals surface area contributed by atoms with Crippen LogP contribution in [0.2, 0.25) is 0 Å². The number of carbonyl (C=O) groups is 8. The van der Waals surface area contributed by atoms with Crippen LogP contribution >= 0.6 is 23.5 Å². The average molecular weight is 1180 g/mol. The van der Waals surface area contributed by atoms with Crippen LogP contribution in [0.5, 0.6) is 0 Å². The number of thioether (sulfide) groups is 2. The van der Waals surface area contributed by atoms with Crippen LogP contribution in [0, 0.1) is 43.9 Å². The van der Waals surface area contributed by atoms with Gasteiger partial charge in [0.05, 0.1) is 69.1 Å². The Morgan fingerprint density at radius 1 is 0.651 bits per heavy atom. The molecule has 2 aromatic heterocycles. The van der Waals surface area contributed by atoms with Crippen molar-refractivity contribution in [3.63, 3.8) is 0 Å². The number of tetrazole rings is 2. The number of rotatable bonds is 16. The van der Waals surface area contributed by atoms with Gasteiger partial charge in [-0.2, -0.15) is 9.59 Å².